The predicted octanol–water partition coefficient (Wildman–Crippen LogP) is 4.78. The number of rotatable bonds is 7. The number of ether oxygens (including phenoxy) is 3. The van der Waals surface area contributed by atoms with E-state index in [4.69, 9.17) is 30.6 Å². The van der Waals surface area contributed by atoms with Gasteiger partial charge in [0.15, 0.2) is 11.6 Å². The van der Waals surface area contributed by atoms with Gasteiger partial charge in [-0.05, 0) is 60.4 Å². The summed E-state index contributed by atoms with van der Waals surface area (Å²) in [7, 11) is 0. The number of hydrogen-bond acceptors (Lipinski definition) is 9. The summed E-state index contributed by atoms with van der Waals surface area (Å²) < 4.78 is 50.9. The minimum absolute atomic E-state index is 0.000775. The number of nitrogens with one attached hydrogen (secondary N) is 1. The average molecular weight is 654 g/mol. The van der Waals surface area contributed by atoms with Crippen molar-refractivity contribution >= 4 is 27.5 Å². The number of fused-ring (bicyclic) bond motifs is 3. The first-order valence-electron chi connectivity index (χ1n) is 16.9. The summed E-state index contributed by atoms with van der Waals surface area (Å²) in [4.78, 5) is 14.7. The lowest BCUT2D eigenvalue weighted by molar-refractivity contribution is 0.0231. The molecule has 0 radical (unpaired) electrons. The maximum atomic E-state index is 17.3. The smallest absolute Gasteiger partial charge is 0.318 e. The minimum atomic E-state index is -0.612. The molecule has 11 heteroatoms. The molecule has 5 heterocycles. The number of nitrogens with zero attached hydrogens (tertiary/aromatic N) is 4. The summed E-state index contributed by atoms with van der Waals surface area (Å²) in [6.45, 7) is 8.31. The standard InChI is InChI=1S/C37H37F2N5O4/c1-3-24-27(38)6-5-21-13-23(45)14-26(28(21)24)29-25(4-2)32-30-33(31(29)39)47-20-37-15-22(40-17-37)16-44(37)34(30)42-35(41-32)48-19-36(7-8-36)18-43-9-11-46-12-10-43/h1,5-6,13-14,22,40,45H,4,7-12,15-20H2,2H3/t22-,37-/m1/s1. The van der Waals surface area contributed by atoms with Crippen molar-refractivity contribution in [3.05, 3.63) is 47.0 Å². The lowest BCUT2D eigenvalue weighted by Gasteiger charge is -2.37. The van der Waals surface area contributed by atoms with Gasteiger partial charge in [0.05, 0.1) is 41.8 Å². The molecule has 0 unspecified atom stereocenters. The van der Waals surface area contributed by atoms with E-state index in [0.29, 0.717) is 59.2 Å². The lowest BCUT2D eigenvalue weighted by atomic mass is 9.88. The van der Waals surface area contributed by atoms with Gasteiger partial charge in [-0.2, -0.15) is 9.97 Å². The summed E-state index contributed by atoms with van der Waals surface area (Å²) in [6, 6.07) is 6.27. The van der Waals surface area contributed by atoms with E-state index in [1.165, 1.54) is 18.2 Å². The molecule has 2 bridgehead atoms. The summed E-state index contributed by atoms with van der Waals surface area (Å²) in [6.07, 6.45) is 9.19. The Kier molecular flexibility index (Phi) is 6.77. The van der Waals surface area contributed by atoms with Crippen LogP contribution < -0.4 is 19.7 Å². The molecule has 1 aromatic heterocycles. The van der Waals surface area contributed by atoms with Crippen LogP contribution in [0.25, 0.3) is 32.8 Å². The molecule has 2 atom stereocenters. The van der Waals surface area contributed by atoms with Gasteiger partial charge < -0.3 is 29.5 Å². The Balaban J connectivity index is 1.24. The van der Waals surface area contributed by atoms with Crippen LogP contribution in [0.3, 0.4) is 0 Å². The van der Waals surface area contributed by atoms with Crippen LogP contribution in [-0.2, 0) is 11.2 Å². The molecule has 48 heavy (non-hydrogen) atoms. The second-order valence-electron chi connectivity index (χ2n) is 14.1. The number of hydrogen-bond donors (Lipinski definition) is 2. The molecule has 4 aliphatic heterocycles. The number of terminal acetylenes is 1. The predicted molar refractivity (Wildman–Crippen MR) is 178 cm³/mol. The van der Waals surface area contributed by atoms with Gasteiger partial charge in [0.2, 0.25) is 0 Å². The van der Waals surface area contributed by atoms with Crippen LogP contribution in [0.4, 0.5) is 14.6 Å². The first-order chi connectivity index (χ1) is 23.3. The van der Waals surface area contributed by atoms with E-state index in [2.05, 4.69) is 21.0 Å². The van der Waals surface area contributed by atoms with Gasteiger partial charge in [0.25, 0.3) is 0 Å². The molecule has 248 valence electrons. The highest BCUT2D eigenvalue weighted by atomic mass is 19.1. The van der Waals surface area contributed by atoms with Gasteiger partial charge in [-0.15, -0.1) is 6.42 Å². The third-order valence-electron chi connectivity index (χ3n) is 11.1. The normalized spacial score (nSPS) is 24.0. The van der Waals surface area contributed by atoms with Crippen molar-refractivity contribution in [2.45, 2.75) is 44.2 Å². The van der Waals surface area contributed by atoms with Crippen molar-refractivity contribution in [3.63, 3.8) is 0 Å². The van der Waals surface area contributed by atoms with E-state index in [9.17, 15) is 5.11 Å². The second-order valence-corrected chi connectivity index (χ2v) is 14.1. The molecule has 0 amide bonds. The van der Waals surface area contributed by atoms with Gasteiger partial charge in [-0.1, -0.05) is 18.9 Å². The number of benzene rings is 3. The minimum Gasteiger partial charge on any atom is -0.508 e. The first kappa shape index (κ1) is 29.9. The molecule has 3 aromatic carbocycles. The van der Waals surface area contributed by atoms with E-state index in [1.54, 1.807) is 6.07 Å². The Morgan fingerprint density at radius 2 is 2.00 bits per heavy atom. The Bertz CT molecular complexity index is 2040. The summed E-state index contributed by atoms with van der Waals surface area (Å²) >= 11 is 0. The number of piperazine rings is 1. The molecular formula is C37H37F2N5O4. The van der Waals surface area contributed by atoms with Crippen LogP contribution in [0.1, 0.15) is 37.3 Å². The van der Waals surface area contributed by atoms with Crippen molar-refractivity contribution in [1.29, 1.82) is 0 Å². The molecule has 9 nitrogen and oxygen atoms in total. The number of halogens is 2. The summed E-state index contributed by atoms with van der Waals surface area (Å²) in [5.74, 6) is 1.82. The number of phenolic OH excluding ortho intramolecular Hbond substituents is 1. The van der Waals surface area contributed by atoms with E-state index >= 15 is 8.78 Å². The highest BCUT2D eigenvalue weighted by Gasteiger charge is 2.54. The molecule has 9 rings (SSSR count). The zero-order valence-corrected chi connectivity index (χ0v) is 26.9. The largest absolute Gasteiger partial charge is 0.508 e. The fourth-order valence-corrected chi connectivity index (χ4v) is 8.48. The maximum Gasteiger partial charge on any atom is 0.318 e. The number of aromatic hydroxyl groups is 1. The first-order valence-corrected chi connectivity index (χ1v) is 16.9. The third kappa shape index (κ3) is 4.53. The molecule has 1 aliphatic carbocycles. The van der Waals surface area contributed by atoms with Gasteiger partial charge in [-0.25, -0.2) is 8.78 Å². The molecular weight excluding hydrogens is 616 g/mol. The fraction of sp³-hybridized carbons (Fsp3) is 0.459. The zero-order chi connectivity index (χ0) is 32.8. The van der Waals surface area contributed by atoms with Crippen molar-refractivity contribution in [3.8, 4) is 41.0 Å². The zero-order valence-electron chi connectivity index (χ0n) is 26.9. The lowest BCUT2D eigenvalue weighted by Crippen LogP contribution is -2.55. The number of phenols is 1. The molecule has 4 fully saturated rings. The summed E-state index contributed by atoms with van der Waals surface area (Å²) in [5, 5.41) is 15.7. The van der Waals surface area contributed by atoms with Crippen molar-refractivity contribution in [2.24, 2.45) is 5.41 Å². The molecule has 4 aromatic rings. The molecule has 1 spiro atoms. The Morgan fingerprint density at radius 3 is 2.75 bits per heavy atom. The second kappa shape index (κ2) is 10.9. The van der Waals surface area contributed by atoms with Gasteiger partial charge in [-0.3, -0.25) is 4.90 Å². The highest BCUT2D eigenvalue weighted by molar-refractivity contribution is 6.07. The van der Waals surface area contributed by atoms with E-state index < -0.39 is 17.2 Å². The number of aromatic nitrogens is 2. The van der Waals surface area contributed by atoms with Crippen LogP contribution >= 0.6 is 0 Å². The van der Waals surface area contributed by atoms with Crippen LogP contribution in [0.15, 0.2) is 24.3 Å². The van der Waals surface area contributed by atoms with E-state index in [1.807, 2.05) is 6.92 Å². The quantitative estimate of drug-likeness (QED) is 0.274. The Hall–Kier alpha value is -4.24. The SMILES string of the molecule is C#Cc1c(F)ccc2cc(O)cc(-c3c(F)c4c5c(nc(OCC6(CN7CCOCC7)CC6)nc5c3CC)N3C[C@H]5C[C@@]3(CN5)CO4)c12. The van der Waals surface area contributed by atoms with Gasteiger partial charge >= 0.3 is 6.01 Å². The fourth-order valence-electron chi connectivity index (χ4n) is 8.48. The van der Waals surface area contributed by atoms with Crippen LogP contribution in [0.2, 0.25) is 0 Å². The van der Waals surface area contributed by atoms with Crippen LogP contribution in [0.5, 0.6) is 17.5 Å². The monoisotopic (exact) mass is 653 g/mol. The Morgan fingerprint density at radius 1 is 1.17 bits per heavy atom. The third-order valence-corrected chi connectivity index (χ3v) is 11.1. The average Bonchev–Trinajstić information content (AvgIpc) is 3.63. The number of aryl methyl sites for hydroxylation is 1. The van der Waals surface area contributed by atoms with Crippen LogP contribution in [0, 0.1) is 29.4 Å². The highest BCUT2D eigenvalue weighted by Crippen LogP contribution is 2.52. The van der Waals surface area contributed by atoms with Crippen molar-refractivity contribution in [2.75, 3.05) is 64.1 Å². The van der Waals surface area contributed by atoms with Crippen molar-refractivity contribution in [1.82, 2.24) is 20.2 Å². The molecule has 3 saturated heterocycles. The van der Waals surface area contributed by atoms with Gasteiger partial charge in [0, 0.05) is 55.1 Å². The molecule has 5 aliphatic rings. The number of morpholine rings is 1. The van der Waals surface area contributed by atoms with E-state index in [-0.39, 0.29) is 52.3 Å². The Labute approximate surface area is 277 Å². The number of anilines is 1. The molecule has 1 saturated carbocycles. The topological polar surface area (TPSA) is 92.2 Å². The van der Waals surface area contributed by atoms with Crippen molar-refractivity contribution < 1.29 is 28.1 Å². The van der Waals surface area contributed by atoms with Crippen LogP contribution in [-0.4, -0.2) is 90.7 Å². The van der Waals surface area contributed by atoms with E-state index in [0.717, 1.165) is 52.1 Å². The molecule has 2 N–H and O–H groups in total. The summed E-state index contributed by atoms with van der Waals surface area (Å²) in [5.41, 5.74) is 1.19. The van der Waals surface area contributed by atoms with Gasteiger partial charge in [0.1, 0.15) is 24.0 Å². The maximum absolute atomic E-state index is 17.3.